The van der Waals surface area contributed by atoms with Gasteiger partial charge in [0.1, 0.15) is 10.7 Å². The maximum Gasteiger partial charge on any atom is 0.167 e. The standard InChI is InChI=1S/C11H16N4S2/c1-8(2)12-5-3-4-10-14-15-11(17-10)9-6-16-7-13-9/h6-8,12H,3-5H2,1-2H3. The number of hydrogen-bond donors (Lipinski definition) is 1. The van der Waals surface area contributed by atoms with Gasteiger partial charge in [-0.3, -0.25) is 0 Å². The lowest BCUT2D eigenvalue weighted by Crippen LogP contribution is -2.23. The molecule has 0 atom stereocenters. The van der Waals surface area contributed by atoms with Gasteiger partial charge in [-0.05, 0) is 13.0 Å². The Morgan fingerprint density at radius 1 is 1.35 bits per heavy atom. The van der Waals surface area contributed by atoms with Crippen molar-refractivity contribution in [3.63, 3.8) is 0 Å². The summed E-state index contributed by atoms with van der Waals surface area (Å²) in [6, 6.07) is 0.551. The van der Waals surface area contributed by atoms with E-state index in [0.717, 1.165) is 35.1 Å². The van der Waals surface area contributed by atoms with E-state index >= 15 is 0 Å². The third-order valence-electron chi connectivity index (χ3n) is 2.24. The molecule has 17 heavy (non-hydrogen) atoms. The van der Waals surface area contributed by atoms with E-state index in [9.17, 15) is 0 Å². The fourth-order valence-corrected chi connectivity index (χ4v) is 2.87. The Labute approximate surface area is 109 Å². The van der Waals surface area contributed by atoms with E-state index in [1.165, 1.54) is 0 Å². The zero-order chi connectivity index (χ0) is 12.1. The number of nitrogens with one attached hydrogen (secondary N) is 1. The molecule has 0 aliphatic heterocycles. The van der Waals surface area contributed by atoms with Crippen LogP contribution in [-0.2, 0) is 6.42 Å². The van der Waals surface area contributed by atoms with E-state index in [-0.39, 0.29) is 0 Å². The van der Waals surface area contributed by atoms with E-state index in [4.69, 9.17) is 0 Å². The van der Waals surface area contributed by atoms with Crippen molar-refractivity contribution in [1.82, 2.24) is 20.5 Å². The number of thiazole rings is 1. The van der Waals surface area contributed by atoms with Crippen LogP contribution in [0.2, 0.25) is 0 Å². The van der Waals surface area contributed by atoms with E-state index in [1.807, 2.05) is 10.9 Å². The highest BCUT2D eigenvalue weighted by Crippen LogP contribution is 2.23. The quantitative estimate of drug-likeness (QED) is 0.818. The van der Waals surface area contributed by atoms with E-state index in [0.29, 0.717) is 6.04 Å². The number of rotatable bonds is 6. The molecule has 0 amide bonds. The Morgan fingerprint density at radius 3 is 2.94 bits per heavy atom. The second kappa shape index (κ2) is 6.18. The van der Waals surface area contributed by atoms with E-state index < -0.39 is 0 Å². The molecule has 2 rings (SSSR count). The van der Waals surface area contributed by atoms with E-state index in [1.54, 1.807) is 22.7 Å². The maximum atomic E-state index is 4.23. The molecule has 0 aliphatic carbocycles. The molecule has 4 nitrogen and oxygen atoms in total. The van der Waals surface area contributed by atoms with Crippen molar-refractivity contribution in [1.29, 1.82) is 0 Å². The molecule has 0 fully saturated rings. The predicted molar refractivity (Wildman–Crippen MR) is 72.5 cm³/mol. The van der Waals surface area contributed by atoms with Crippen molar-refractivity contribution in [2.24, 2.45) is 0 Å². The van der Waals surface area contributed by atoms with Crippen LogP contribution in [0.15, 0.2) is 10.9 Å². The summed E-state index contributed by atoms with van der Waals surface area (Å²) >= 11 is 3.23. The normalized spacial score (nSPS) is 11.2. The summed E-state index contributed by atoms with van der Waals surface area (Å²) in [7, 11) is 0. The zero-order valence-electron chi connectivity index (χ0n) is 10.0. The molecule has 2 aromatic heterocycles. The minimum atomic E-state index is 0.551. The van der Waals surface area contributed by atoms with Crippen molar-refractivity contribution in [2.45, 2.75) is 32.7 Å². The minimum Gasteiger partial charge on any atom is -0.315 e. The van der Waals surface area contributed by atoms with Gasteiger partial charge in [-0.15, -0.1) is 21.5 Å². The summed E-state index contributed by atoms with van der Waals surface area (Å²) < 4.78 is 0. The molecule has 0 saturated heterocycles. The van der Waals surface area contributed by atoms with Crippen LogP contribution in [0.5, 0.6) is 0 Å². The summed E-state index contributed by atoms with van der Waals surface area (Å²) in [5.74, 6) is 0. The van der Waals surface area contributed by atoms with Gasteiger partial charge >= 0.3 is 0 Å². The predicted octanol–water partition coefficient (Wildman–Crippen LogP) is 2.59. The van der Waals surface area contributed by atoms with Crippen LogP contribution >= 0.6 is 22.7 Å². The molecular formula is C11H16N4S2. The second-order valence-corrected chi connectivity index (χ2v) is 5.87. The Bertz CT molecular complexity index is 436. The third kappa shape index (κ3) is 3.83. The highest BCUT2D eigenvalue weighted by molar-refractivity contribution is 7.15. The van der Waals surface area contributed by atoms with Crippen molar-refractivity contribution in [3.05, 3.63) is 15.9 Å². The molecule has 92 valence electrons. The first-order chi connectivity index (χ1) is 8.25. The van der Waals surface area contributed by atoms with Gasteiger partial charge in [-0.1, -0.05) is 25.2 Å². The molecule has 2 aromatic rings. The highest BCUT2D eigenvalue weighted by atomic mass is 32.1. The van der Waals surface area contributed by atoms with Crippen LogP contribution in [0.1, 0.15) is 25.3 Å². The molecule has 0 aromatic carbocycles. The van der Waals surface area contributed by atoms with Gasteiger partial charge in [0.05, 0.1) is 5.51 Å². The first-order valence-corrected chi connectivity index (χ1v) is 7.46. The average molecular weight is 268 g/mol. The molecule has 0 saturated carbocycles. The van der Waals surface area contributed by atoms with Crippen LogP contribution in [-0.4, -0.2) is 27.8 Å². The van der Waals surface area contributed by atoms with Gasteiger partial charge in [0.25, 0.3) is 0 Å². The lowest BCUT2D eigenvalue weighted by molar-refractivity contribution is 0.569. The summed E-state index contributed by atoms with van der Waals surface area (Å²) in [6.07, 6.45) is 2.09. The molecule has 6 heteroatoms. The average Bonchev–Trinajstić information content (AvgIpc) is 2.94. The van der Waals surface area contributed by atoms with Crippen LogP contribution in [0.4, 0.5) is 0 Å². The third-order valence-corrected chi connectivity index (χ3v) is 3.83. The smallest absolute Gasteiger partial charge is 0.167 e. The Hall–Kier alpha value is -0.850. The minimum absolute atomic E-state index is 0.551. The lowest BCUT2D eigenvalue weighted by atomic mass is 10.3. The first kappa shape index (κ1) is 12.6. The molecule has 0 spiro atoms. The van der Waals surface area contributed by atoms with E-state index in [2.05, 4.69) is 34.3 Å². The molecular weight excluding hydrogens is 252 g/mol. The number of hydrogen-bond acceptors (Lipinski definition) is 6. The largest absolute Gasteiger partial charge is 0.315 e. The van der Waals surface area contributed by atoms with Gasteiger partial charge in [0.15, 0.2) is 5.01 Å². The Kier molecular flexibility index (Phi) is 4.58. The van der Waals surface area contributed by atoms with Crippen LogP contribution < -0.4 is 5.32 Å². The fourth-order valence-electron chi connectivity index (χ4n) is 1.41. The summed E-state index contributed by atoms with van der Waals surface area (Å²) in [6.45, 7) is 5.35. The van der Waals surface area contributed by atoms with Gasteiger partial charge in [-0.25, -0.2) is 4.98 Å². The van der Waals surface area contributed by atoms with Crippen LogP contribution in [0.25, 0.3) is 10.7 Å². The van der Waals surface area contributed by atoms with Crippen molar-refractivity contribution >= 4 is 22.7 Å². The SMILES string of the molecule is CC(C)NCCCc1nnc(-c2cscn2)s1. The maximum absolute atomic E-state index is 4.23. The van der Waals surface area contributed by atoms with Gasteiger partial charge < -0.3 is 5.32 Å². The van der Waals surface area contributed by atoms with Crippen LogP contribution in [0.3, 0.4) is 0 Å². The summed E-state index contributed by atoms with van der Waals surface area (Å²) in [5, 5.41) is 15.8. The summed E-state index contributed by atoms with van der Waals surface area (Å²) in [4.78, 5) is 4.23. The van der Waals surface area contributed by atoms with Gasteiger partial charge in [-0.2, -0.15) is 0 Å². The van der Waals surface area contributed by atoms with Gasteiger partial charge in [0.2, 0.25) is 0 Å². The topological polar surface area (TPSA) is 50.7 Å². The lowest BCUT2D eigenvalue weighted by Gasteiger charge is -2.05. The zero-order valence-corrected chi connectivity index (χ0v) is 11.6. The van der Waals surface area contributed by atoms with Crippen LogP contribution in [0, 0.1) is 0 Å². The number of aryl methyl sites for hydroxylation is 1. The number of nitrogens with zero attached hydrogens (tertiary/aromatic N) is 3. The molecule has 0 radical (unpaired) electrons. The molecule has 1 N–H and O–H groups in total. The molecule has 0 aliphatic rings. The first-order valence-electron chi connectivity index (χ1n) is 5.70. The molecule has 0 bridgehead atoms. The Morgan fingerprint density at radius 2 is 2.24 bits per heavy atom. The van der Waals surface area contributed by atoms with Gasteiger partial charge in [0, 0.05) is 17.8 Å². The highest BCUT2D eigenvalue weighted by Gasteiger charge is 2.07. The monoisotopic (exact) mass is 268 g/mol. The Balaban J connectivity index is 1.83. The molecule has 2 heterocycles. The number of aromatic nitrogens is 3. The fraction of sp³-hybridized carbons (Fsp3) is 0.545. The summed E-state index contributed by atoms with van der Waals surface area (Å²) in [5.41, 5.74) is 2.77. The van der Waals surface area contributed by atoms with Crippen molar-refractivity contribution in [3.8, 4) is 10.7 Å². The van der Waals surface area contributed by atoms with Crippen molar-refractivity contribution in [2.75, 3.05) is 6.54 Å². The second-order valence-electron chi connectivity index (χ2n) is 4.09. The van der Waals surface area contributed by atoms with Crippen molar-refractivity contribution < 1.29 is 0 Å². The molecule has 0 unspecified atom stereocenters.